The van der Waals surface area contributed by atoms with Gasteiger partial charge in [-0.25, -0.2) is 0 Å². The van der Waals surface area contributed by atoms with Crippen molar-refractivity contribution < 1.29 is 31.4 Å². The highest BCUT2D eigenvalue weighted by Gasteiger charge is 2.59. The van der Waals surface area contributed by atoms with Crippen molar-refractivity contribution in [1.82, 2.24) is 0 Å². The van der Waals surface area contributed by atoms with E-state index < -0.39 is 30.8 Å². The van der Waals surface area contributed by atoms with Crippen LogP contribution in [0.3, 0.4) is 0 Å². The Kier molecular flexibility index (Phi) is 4.89. The zero-order valence-corrected chi connectivity index (χ0v) is 10.9. The number of halogens is 7. The minimum atomic E-state index is -5.54. The molecule has 0 amide bonds. The van der Waals surface area contributed by atoms with Gasteiger partial charge in [0.2, 0.25) is 0 Å². The van der Waals surface area contributed by atoms with Gasteiger partial charge in [0.15, 0.2) is 5.92 Å². The number of aliphatic hydroxyl groups is 1. The summed E-state index contributed by atoms with van der Waals surface area (Å²) < 4.78 is 74.7. The van der Waals surface area contributed by atoms with E-state index in [0.29, 0.717) is 4.47 Å². The molecule has 0 saturated carbocycles. The third-order valence-corrected chi connectivity index (χ3v) is 2.92. The maximum Gasteiger partial charge on any atom is 0.403 e. The van der Waals surface area contributed by atoms with E-state index in [1.807, 2.05) is 0 Å². The molecular formula is C11H9BrF6O. The van der Waals surface area contributed by atoms with Crippen molar-refractivity contribution in [3.8, 4) is 0 Å². The molecule has 19 heavy (non-hydrogen) atoms. The highest BCUT2D eigenvalue weighted by Crippen LogP contribution is 2.42. The molecule has 0 aromatic heterocycles. The van der Waals surface area contributed by atoms with Crippen molar-refractivity contribution in [2.75, 3.05) is 0 Å². The second-order valence-corrected chi connectivity index (χ2v) is 4.88. The fraction of sp³-hybridized carbons (Fsp3) is 0.455. The Hall–Kier alpha value is -0.760. The van der Waals surface area contributed by atoms with Crippen LogP contribution in [0.15, 0.2) is 28.7 Å². The predicted molar refractivity (Wildman–Crippen MR) is 59.5 cm³/mol. The Morgan fingerprint density at radius 2 is 1.58 bits per heavy atom. The molecule has 0 saturated heterocycles. The minimum Gasteiger partial charge on any atom is -0.392 e. The fourth-order valence-corrected chi connectivity index (χ4v) is 2.09. The van der Waals surface area contributed by atoms with Crippen molar-refractivity contribution in [2.24, 2.45) is 5.92 Å². The molecular weight excluding hydrogens is 342 g/mol. The van der Waals surface area contributed by atoms with Crippen LogP contribution < -0.4 is 0 Å². The van der Waals surface area contributed by atoms with Gasteiger partial charge in [-0.2, -0.15) is 26.3 Å². The molecule has 0 aliphatic rings. The monoisotopic (exact) mass is 350 g/mol. The fourth-order valence-electron chi connectivity index (χ4n) is 1.65. The van der Waals surface area contributed by atoms with Gasteiger partial charge in [-0.15, -0.1) is 0 Å². The van der Waals surface area contributed by atoms with E-state index in [0.717, 1.165) is 0 Å². The lowest BCUT2D eigenvalue weighted by Crippen LogP contribution is -2.45. The Bertz CT molecular complexity index is 414. The van der Waals surface area contributed by atoms with Gasteiger partial charge in [-0.1, -0.05) is 28.1 Å². The average Bonchev–Trinajstić information content (AvgIpc) is 2.11. The first-order chi connectivity index (χ1) is 8.51. The summed E-state index contributed by atoms with van der Waals surface area (Å²) >= 11 is 3.04. The second-order valence-electron chi connectivity index (χ2n) is 3.96. The van der Waals surface area contributed by atoms with Crippen LogP contribution >= 0.6 is 15.9 Å². The highest BCUT2D eigenvalue weighted by molar-refractivity contribution is 9.10. The molecule has 1 unspecified atom stereocenters. The summed E-state index contributed by atoms with van der Waals surface area (Å²) in [7, 11) is 0. The molecule has 1 N–H and O–H groups in total. The summed E-state index contributed by atoms with van der Waals surface area (Å²) in [6, 6.07) is 5.73. The van der Waals surface area contributed by atoms with Gasteiger partial charge in [-0.05, 0) is 24.1 Å². The minimum absolute atomic E-state index is 0.181. The number of aliphatic hydroxyl groups excluding tert-OH is 1. The number of benzene rings is 1. The summed E-state index contributed by atoms with van der Waals surface area (Å²) in [5.74, 6) is -3.75. The summed E-state index contributed by atoms with van der Waals surface area (Å²) in [6.45, 7) is 0. The predicted octanol–water partition coefficient (Wildman–Crippen LogP) is 4.09. The summed E-state index contributed by atoms with van der Waals surface area (Å²) in [6.07, 6.45) is -14.4. The summed E-state index contributed by atoms with van der Waals surface area (Å²) in [5, 5.41) is 9.27. The van der Waals surface area contributed by atoms with Crippen molar-refractivity contribution in [1.29, 1.82) is 0 Å². The van der Waals surface area contributed by atoms with Gasteiger partial charge in [-0.3, -0.25) is 0 Å². The van der Waals surface area contributed by atoms with Crippen LogP contribution in [0.1, 0.15) is 5.56 Å². The molecule has 0 spiro atoms. The Balaban J connectivity index is 2.93. The molecule has 0 fully saturated rings. The van der Waals surface area contributed by atoms with E-state index in [2.05, 4.69) is 15.9 Å². The van der Waals surface area contributed by atoms with E-state index in [1.54, 1.807) is 6.07 Å². The third kappa shape index (κ3) is 4.68. The molecule has 0 aliphatic carbocycles. The van der Waals surface area contributed by atoms with Crippen LogP contribution in [0.2, 0.25) is 0 Å². The van der Waals surface area contributed by atoms with Crippen molar-refractivity contribution in [3.05, 3.63) is 34.3 Å². The zero-order chi connectivity index (χ0) is 14.8. The molecule has 0 bridgehead atoms. The molecule has 8 heteroatoms. The van der Waals surface area contributed by atoms with Crippen LogP contribution in [-0.2, 0) is 6.42 Å². The highest BCUT2D eigenvalue weighted by atomic mass is 79.9. The molecule has 0 aliphatic heterocycles. The standard InChI is InChI=1S/C11H9BrF6O/c12-7-3-1-2-6(4-7)5-8(19)9(10(13,14)15)11(16,17)18/h1-4,8-9,19H,5H2. The summed E-state index contributed by atoms with van der Waals surface area (Å²) in [5.41, 5.74) is 0.181. The molecule has 1 aromatic rings. The van der Waals surface area contributed by atoms with Crippen LogP contribution in [0.25, 0.3) is 0 Å². The zero-order valence-electron chi connectivity index (χ0n) is 9.26. The van der Waals surface area contributed by atoms with Gasteiger partial charge in [0.05, 0.1) is 6.10 Å². The van der Waals surface area contributed by atoms with Crippen LogP contribution in [0.5, 0.6) is 0 Å². The number of hydrogen-bond acceptors (Lipinski definition) is 1. The summed E-state index contributed by atoms with van der Waals surface area (Å²) in [4.78, 5) is 0. The first-order valence-electron chi connectivity index (χ1n) is 5.07. The first-order valence-corrected chi connectivity index (χ1v) is 5.87. The molecule has 1 atom stereocenters. The molecule has 0 radical (unpaired) electrons. The Morgan fingerprint density at radius 1 is 1.05 bits per heavy atom. The topological polar surface area (TPSA) is 20.2 Å². The van der Waals surface area contributed by atoms with Crippen LogP contribution in [-0.4, -0.2) is 23.6 Å². The van der Waals surface area contributed by atoms with Gasteiger partial charge in [0.25, 0.3) is 0 Å². The van der Waals surface area contributed by atoms with Gasteiger partial charge < -0.3 is 5.11 Å². The van der Waals surface area contributed by atoms with Crippen LogP contribution in [0, 0.1) is 5.92 Å². The quantitative estimate of drug-likeness (QED) is 0.814. The lowest BCUT2D eigenvalue weighted by atomic mass is 9.95. The lowest BCUT2D eigenvalue weighted by Gasteiger charge is -2.27. The van der Waals surface area contributed by atoms with Crippen molar-refractivity contribution >= 4 is 15.9 Å². The lowest BCUT2D eigenvalue weighted by molar-refractivity contribution is -0.305. The average molecular weight is 351 g/mol. The van der Waals surface area contributed by atoms with Gasteiger partial charge in [0.1, 0.15) is 0 Å². The molecule has 108 valence electrons. The van der Waals surface area contributed by atoms with Crippen molar-refractivity contribution in [3.63, 3.8) is 0 Å². The van der Waals surface area contributed by atoms with E-state index in [9.17, 15) is 31.4 Å². The number of rotatable bonds is 3. The number of hydrogen-bond donors (Lipinski definition) is 1. The van der Waals surface area contributed by atoms with E-state index in [-0.39, 0.29) is 5.56 Å². The molecule has 0 heterocycles. The van der Waals surface area contributed by atoms with Gasteiger partial charge >= 0.3 is 12.4 Å². The van der Waals surface area contributed by atoms with Crippen molar-refractivity contribution in [2.45, 2.75) is 24.9 Å². The largest absolute Gasteiger partial charge is 0.403 e. The van der Waals surface area contributed by atoms with E-state index in [4.69, 9.17) is 0 Å². The van der Waals surface area contributed by atoms with E-state index >= 15 is 0 Å². The molecule has 1 rings (SSSR count). The number of alkyl halides is 6. The third-order valence-electron chi connectivity index (χ3n) is 2.42. The second kappa shape index (κ2) is 5.70. The van der Waals surface area contributed by atoms with Crippen LogP contribution in [0.4, 0.5) is 26.3 Å². The van der Waals surface area contributed by atoms with Gasteiger partial charge in [0, 0.05) is 4.47 Å². The Morgan fingerprint density at radius 3 is 2.00 bits per heavy atom. The Labute approximate surface area is 113 Å². The molecule has 1 nitrogen and oxygen atoms in total. The maximum absolute atomic E-state index is 12.4. The molecule has 1 aromatic carbocycles. The smallest absolute Gasteiger partial charge is 0.392 e. The van der Waals surface area contributed by atoms with E-state index in [1.165, 1.54) is 18.2 Å². The SMILES string of the molecule is OC(Cc1cccc(Br)c1)C(C(F)(F)F)C(F)(F)F. The maximum atomic E-state index is 12.4. The first kappa shape index (κ1) is 16.3. The normalized spacial score (nSPS) is 14.8.